The molecule has 0 bridgehead atoms. The number of nitrogens with two attached hydrogens (primary N) is 1. The number of piperidine rings is 1. The Labute approximate surface area is 160 Å². The minimum atomic E-state index is -0.844. The second kappa shape index (κ2) is 9.22. The molecular formula is C20H29N5O2. The van der Waals surface area contributed by atoms with Crippen molar-refractivity contribution in [1.29, 1.82) is 0 Å². The molecule has 1 saturated heterocycles. The number of rotatable bonds is 7. The second-order valence-electron chi connectivity index (χ2n) is 7.94. The monoisotopic (exact) mass is 371 g/mol. The van der Waals surface area contributed by atoms with Crippen LogP contribution in [0, 0.1) is 11.8 Å². The molecule has 1 aromatic rings. The number of primary amides is 1. The van der Waals surface area contributed by atoms with Crippen molar-refractivity contribution in [2.24, 2.45) is 22.7 Å². The van der Waals surface area contributed by atoms with Gasteiger partial charge in [-0.25, -0.2) is 0 Å². The summed E-state index contributed by atoms with van der Waals surface area (Å²) in [4.78, 5) is 17.0. The van der Waals surface area contributed by atoms with E-state index in [1.54, 1.807) is 0 Å². The largest absolute Gasteiger partial charge is 0.391 e. The summed E-state index contributed by atoms with van der Waals surface area (Å²) in [6, 6.07) is 8.75. The summed E-state index contributed by atoms with van der Waals surface area (Å²) in [6.45, 7) is 1.08. The molecule has 5 atom stereocenters. The van der Waals surface area contributed by atoms with E-state index in [9.17, 15) is 9.90 Å². The summed E-state index contributed by atoms with van der Waals surface area (Å²) in [5.41, 5.74) is 15.6. The van der Waals surface area contributed by atoms with Gasteiger partial charge in [0, 0.05) is 18.0 Å². The molecule has 7 nitrogen and oxygen atoms in total. The third-order valence-electron chi connectivity index (χ3n) is 6.18. The molecule has 146 valence electrons. The van der Waals surface area contributed by atoms with Crippen LogP contribution in [0.4, 0.5) is 0 Å². The zero-order valence-corrected chi connectivity index (χ0v) is 15.7. The third kappa shape index (κ3) is 5.01. The topological polar surface area (TPSA) is 115 Å². The predicted octanol–water partition coefficient (Wildman–Crippen LogP) is 2.63. The molecule has 1 heterocycles. The Morgan fingerprint density at radius 3 is 2.67 bits per heavy atom. The minimum absolute atomic E-state index is 0.299. The van der Waals surface area contributed by atoms with Gasteiger partial charge in [-0.3, -0.25) is 9.69 Å². The van der Waals surface area contributed by atoms with Gasteiger partial charge in [-0.2, -0.15) is 0 Å². The Bertz CT molecular complexity index is 676. The van der Waals surface area contributed by atoms with Crippen LogP contribution in [0.2, 0.25) is 0 Å². The molecule has 1 amide bonds. The third-order valence-corrected chi connectivity index (χ3v) is 6.18. The van der Waals surface area contributed by atoms with Crippen molar-refractivity contribution in [1.82, 2.24) is 4.90 Å². The van der Waals surface area contributed by atoms with Gasteiger partial charge >= 0.3 is 0 Å². The van der Waals surface area contributed by atoms with Crippen LogP contribution < -0.4 is 5.73 Å². The van der Waals surface area contributed by atoms with Crippen LogP contribution in [0.15, 0.2) is 35.4 Å². The first-order chi connectivity index (χ1) is 13.1. The molecule has 3 rings (SSSR count). The highest BCUT2D eigenvalue weighted by molar-refractivity contribution is 5.80. The van der Waals surface area contributed by atoms with Crippen molar-refractivity contribution in [3.63, 3.8) is 0 Å². The van der Waals surface area contributed by atoms with Crippen LogP contribution >= 0.6 is 0 Å². The molecular weight excluding hydrogens is 342 g/mol. The lowest BCUT2D eigenvalue weighted by molar-refractivity contribution is -0.127. The molecule has 3 N–H and O–H groups in total. The van der Waals surface area contributed by atoms with E-state index in [4.69, 9.17) is 11.3 Å². The van der Waals surface area contributed by atoms with Crippen molar-refractivity contribution < 1.29 is 9.90 Å². The van der Waals surface area contributed by atoms with Gasteiger partial charge in [0.25, 0.3) is 0 Å². The Kier molecular flexibility index (Phi) is 6.72. The zero-order chi connectivity index (χ0) is 19.2. The van der Waals surface area contributed by atoms with E-state index < -0.39 is 12.1 Å². The summed E-state index contributed by atoms with van der Waals surface area (Å²) >= 11 is 0. The van der Waals surface area contributed by atoms with E-state index >= 15 is 0 Å². The van der Waals surface area contributed by atoms with E-state index in [0.717, 1.165) is 18.5 Å². The highest BCUT2D eigenvalue weighted by atomic mass is 16.3. The lowest BCUT2D eigenvalue weighted by Gasteiger charge is -2.46. The zero-order valence-electron chi connectivity index (χ0n) is 15.7. The normalized spacial score (nSPS) is 27.8. The lowest BCUT2D eigenvalue weighted by Crippen LogP contribution is -2.56. The number of azide groups is 1. The van der Waals surface area contributed by atoms with Crippen LogP contribution in [0.5, 0.6) is 0 Å². The van der Waals surface area contributed by atoms with Crippen LogP contribution in [0.25, 0.3) is 10.4 Å². The number of aliphatic hydroxyl groups is 1. The van der Waals surface area contributed by atoms with E-state index in [1.807, 2.05) is 35.2 Å². The number of amides is 1. The molecule has 1 saturated carbocycles. The SMILES string of the molecule is [N-]=[N+]=N[C@@H](Cc1ccccc1)[C@H](O)CN1C[C@H]2CCCC[C@H]2C[C@H]1C(N)=O. The number of aliphatic hydroxyl groups excluding tert-OH is 1. The van der Waals surface area contributed by atoms with Gasteiger partial charge in [-0.1, -0.05) is 54.7 Å². The maximum absolute atomic E-state index is 12.0. The molecule has 1 aliphatic carbocycles. The maximum Gasteiger partial charge on any atom is 0.234 e. The first kappa shape index (κ1) is 19.7. The molecule has 0 spiro atoms. The quantitative estimate of drug-likeness (QED) is 0.436. The summed E-state index contributed by atoms with van der Waals surface area (Å²) in [7, 11) is 0. The van der Waals surface area contributed by atoms with E-state index in [2.05, 4.69) is 10.0 Å². The number of fused-ring (bicyclic) bond motifs is 1. The molecule has 1 aromatic carbocycles. The van der Waals surface area contributed by atoms with E-state index in [1.165, 1.54) is 25.7 Å². The molecule has 2 aliphatic rings. The molecule has 7 heteroatoms. The second-order valence-corrected chi connectivity index (χ2v) is 7.94. The highest BCUT2D eigenvalue weighted by Gasteiger charge is 2.40. The van der Waals surface area contributed by atoms with Gasteiger partial charge in [0.15, 0.2) is 0 Å². The Balaban J connectivity index is 1.69. The molecule has 0 aromatic heterocycles. The van der Waals surface area contributed by atoms with Crippen molar-refractivity contribution in [3.8, 4) is 0 Å². The Morgan fingerprint density at radius 2 is 2.00 bits per heavy atom. The van der Waals surface area contributed by atoms with Crippen molar-refractivity contribution in [3.05, 3.63) is 46.3 Å². The van der Waals surface area contributed by atoms with E-state index in [-0.39, 0.29) is 11.9 Å². The van der Waals surface area contributed by atoms with Crippen LogP contribution in [0.1, 0.15) is 37.7 Å². The molecule has 27 heavy (non-hydrogen) atoms. The molecule has 2 fully saturated rings. The number of carbonyl (C=O) groups is 1. The number of likely N-dealkylation sites (tertiary alicyclic amines) is 1. The van der Waals surface area contributed by atoms with Crippen LogP contribution in [0.3, 0.4) is 0 Å². The number of β-amino-alcohol motifs (C(OH)–C–C–N with tert-alkyl or cyclic N) is 1. The first-order valence-electron chi connectivity index (χ1n) is 9.88. The average molecular weight is 371 g/mol. The lowest BCUT2D eigenvalue weighted by atomic mass is 9.72. The van der Waals surface area contributed by atoms with Crippen molar-refractivity contribution >= 4 is 5.91 Å². The summed E-state index contributed by atoms with van der Waals surface area (Å²) in [6.07, 6.45) is 5.19. The number of hydrogen-bond acceptors (Lipinski definition) is 4. The number of benzene rings is 1. The average Bonchev–Trinajstić information content (AvgIpc) is 2.67. The van der Waals surface area contributed by atoms with Crippen molar-refractivity contribution in [2.45, 2.75) is 56.7 Å². The fourth-order valence-electron chi connectivity index (χ4n) is 4.73. The maximum atomic E-state index is 12.0. The number of hydrogen-bond donors (Lipinski definition) is 2. The Morgan fingerprint density at radius 1 is 1.30 bits per heavy atom. The van der Waals surface area contributed by atoms with Gasteiger partial charge in [-0.15, -0.1) is 0 Å². The summed E-state index contributed by atoms with van der Waals surface area (Å²) in [5, 5.41) is 14.6. The summed E-state index contributed by atoms with van der Waals surface area (Å²) in [5.74, 6) is 0.796. The van der Waals surface area contributed by atoms with E-state index in [0.29, 0.717) is 24.8 Å². The van der Waals surface area contributed by atoms with Gasteiger partial charge in [0.1, 0.15) is 0 Å². The summed E-state index contributed by atoms with van der Waals surface area (Å²) < 4.78 is 0. The fourth-order valence-corrected chi connectivity index (χ4v) is 4.73. The van der Waals surface area contributed by atoms with Crippen molar-refractivity contribution in [2.75, 3.05) is 13.1 Å². The highest BCUT2D eigenvalue weighted by Crippen LogP contribution is 2.38. The van der Waals surface area contributed by atoms with Gasteiger partial charge in [0.2, 0.25) is 5.91 Å². The van der Waals surface area contributed by atoms with Gasteiger partial charge in [-0.05, 0) is 42.2 Å². The first-order valence-corrected chi connectivity index (χ1v) is 9.88. The fraction of sp³-hybridized carbons (Fsp3) is 0.650. The molecule has 0 unspecified atom stereocenters. The minimum Gasteiger partial charge on any atom is -0.391 e. The van der Waals surface area contributed by atoms with Gasteiger partial charge < -0.3 is 10.8 Å². The van der Waals surface area contributed by atoms with Crippen LogP contribution in [-0.2, 0) is 11.2 Å². The predicted molar refractivity (Wildman–Crippen MR) is 104 cm³/mol. The number of nitrogens with zero attached hydrogens (tertiary/aromatic N) is 4. The number of carbonyl (C=O) groups excluding carboxylic acids is 1. The standard InChI is InChI=1S/C20H29N5O2/c21-20(27)18-11-15-8-4-5-9-16(15)12-25(18)13-19(26)17(23-24-22)10-14-6-2-1-3-7-14/h1-3,6-7,15-19,26H,4-5,8-13H2,(H2,21,27)/t15-,16+,17-,18-,19+/m0/s1. The Hall–Kier alpha value is -2.08. The van der Waals surface area contributed by atoms with Gasteiger partial charge in [0.05, 0.1) is 18.2 Å². The van der Waals surface area contributed by atoms with Crippen LogP contribution in [-0.4, -0.2) is 47.2 Å². The smallest absolute Gasteiger partial charge is 0.234 e. The molecule has 1 aliphatic heterocycles. The molecule has 0 radical (unpaired) electrons.